The first-order valence-electron chi connectivity index (χ1n) is 7.29. The van der Waals surface area contributed by atoms with Crippen molar-refractivity contribution in [2.75, 3.05) is 0 Å². The molecule has 0 heterocycles. The topological polar surface area (TPSA) is 0 Å². The van der Waals surface area contributed by atoms with E-state index in [2.05, 4.69) is 13.8 Å². The van der Waals surface area contributed by atoms with Gasteiger partial charge < -0.3 is 0 Å². The predicted molar refractivity (Wildman–Crippen MR) is 66.9 cm³/mol. The second-order valence-electron chi connectivity index (χ2n) is 6.07. The molecular weight excluding hydrogens is 180 g/mol. The minimum Gasteiger partial charge on any atom is -0.0648 e. The third-order valence-electron chi connectivity index (χ3n) is 5.59. The minimum absolute atomic E-state index is 0.749. The molecule has 88 valence electrons. The van der Waals surface area contributed by atoms with E-state index >= 15 is 0 Å². The summed E-state index contributed by atoms with van der Waals surface area (Å²) in [4.78, 5) is 0. The fraction of sp³-hybridized carbons (Fsp3) is 1.00. The molecule has 0 nitrogen and oxygen atoms in total. The van der Waals surface area contributed by atoms with Gasteiger partial charge in [0.2, 0.25) is 0 Å². The van der Waals surface area contributed by atoms with Gasteiger partial charge in [-0.3, -0.25) is 0 Å². The second-order valence-corrected chi connectivity index (χ2v) is 6.07. The highest BCUT2D eigenvalue weighted by Gasteiger charge is 2.42. The maximum atomic E-state index is 2.54. The molecule has 0 bridgehead atoms. The molecule has 2 aliphatic rings. The van der Waals surface area contributed by atoms with Crippen LogP contribution in [0.2, 0.25) is 0 Å². The Morgan fingerprint density at radius 2 is 1.60 bits per heavy atom. The first kappa shape index (κ1) is 11.5. The van der Waals surface area contributed by atoms with E-state index in [-0.39, 0.29) is 0 Å². The highest BCUT2D eigenvalue weighted by Crippen LogP contribution is 2.53. The van der Waals surface area contributed by atoms with Gasteiger partial charge in [0.05, 0.1) is 0 Å². The lowest BCUT2D eigenvalue weighted by atomic mass is 9.56. The summed E-state index contributed by atoms with van der Waals surface area (Å²) < 4.78 is 0. The highest BCUT2D eigenvalue weighted by molar-refractivity contribution is 4.93. The normalized spacial score (nSPS) is 39.2. The van der Waals surface area contributed by atoms with E-state index in [0.717, 1.165) is 17.3 Å². The van der Waals surface area contributed by atoms with Gasteiger partial charge in [-0.2, -0.15) is 0 Å². The monoisotopic (exact) mass is 208 g/mol. The molecule has 2 fully saturated rings. The molecule has 0 aromatic heterocycles. The van der Waals surface area contributed by atoms with Crippen molar-refractivity contribution >= 4 is 0 Å². The lowest BCUT2D eigenvalue weighted by Gasteiger charge is -2.49. The summed E-state index contributed by atoms with van der Waals surface area (Å²) in [5, 5.41) is 0. The summed E-state index contributed by atoms with van der Waals surface area (Å²) >= 11 is 0. The molecule has 0 saturated heterocycles. The number of hydrogen-bond donors (Lipinski definition) is 0. The smallest absolute Gasteiger partial charge is 0.0246 e. The minimum atomic E-state index is 0.749. The zero-order chi connectivity index (χ0) is 10.7. The molecular formula is C15H28. The largest absolute Gasteiger partial charge is 0.0648 e. The zero-order valence-electron chi connectivity index (χ0n) is 10.7. The van der Waals surface area contributed by atoms with Gasteiger partial charge in [-0.05, 0) is 42.9 Å². The summed E-state index contributed by atoms with van der Waals surface area (Å²) in [7, 11) is 0. The Balaban J connectivity index is 2.10. The Kier molecular flexibility index (Phi) is 3.74. The molecule has 2 rings (SSSR count). The Morgan fingerprint density at radius 1 is 0.933 bits per heavy atom. The van der Waals surface area contributed by atoms with E-state index in [1.807, 2.05) is 0 Å². The molecule has 0 aromatic rings. The molecule has 15 heavy (non-hydrogen) atoms. The SMILES string of the molecule is CCC1(C2CCCCC2)CCCCC1C. The summed E-state index contributed by atoms with van der Waals surface area (Å²) in [5.74, 6) is 2.07. The molecule has 0 aliphatic heterocycles. The molecule has 0 spiro atoms. The van der Waals surface area contributed by atoms with Crippen LogP contribution in [0.25, 0.3) is 0 Å². The van der Waals surface area contributed by atoms with E-state index in [1.54, 1.807) is 0 Å². The molecule has 0 N–H and O–H groups in total. The fourth-order valence-corrected chi connectivity index (χ4v) is 4.54. The van der Waals surface area contributed by atoms with E-state index < -0.39 is 0 Å². The maximum absolute atomic E-state index is 2.54. The van der Waals surface area contributed by atoms with Crippen LogP contribution >= 0.6 is 0 Å². The van der Waals surface area contributed by atoms with Crippen LogP contribution in [0.15, 0.2) is 0 Å². The third-order valence-corrected chi connectivity index (χ3v) is 5.59. The lowest BCUT2D eigenvalue weighted by Crippen LogP contribution is -2.39. The van der Waals surface area contributed by atoms with Crippen LogP contribution in [0.4, 0.5) is 0 Å². The lowest BCUT2D eigenvalue weighted by molar-refractivity contribution is 0.00947. The van der Waals surface area contributed by atoms with Gasteiger partial charge in [0.25, 0.3) is 0 Å². The van der Waals surface area contributed by atoms with Crippen molar-refractivity contribution in [3.63, 3.8) is 0 Å². The fourth-order valence-electron chi connectivity index (χ4n) is 4.54. The average molecular weight is 208 g/mol. The van der Waals surface area contributed by atoms with Gasteiger partial charge in [-0.25, -0.2) is 0 Å². The van der Waals surface area contributed by atoms with E-state index in [9.17, 15) is 0 Å². The average Bonchev–Trinajstić information content (AvgIpc) is 2.31. The summed E-state index contributed by atoms with van der Waals surface area (Å²) in [6.45, 7) is 4.99. The molecule has 2 aliphatic carbocycles. The zero-order valence-corrected chi connectivity index (χ0v) is 10.7. The van der Waals surface area contributed by atoms with Crippen LogP contribution in [0.1, 0.15) is 78.1 Å². The van der Waals surface area contributed by atoms with Crippen LogP contribution in [0.5, 0.6) is 0 Å². The maximum Gasteiger partial charge on any atom is -0.0246 e. The van der Waals surface area contributed by atoms with Gasteiger partial charge in [-0.15, -0.1) is 0 Å². The molecule has 0 heteroatoms. The number of hydrogen-bond acceptors (Lipinski definition) is 0. The van der Waals surface area contributed by atoms with Crippen LogP contribution in [-0.2, 0) is 0 Å². The van der Waals surface area contributed by atoms with Crippen LogP contribution in [-0.4, -0.2) is 0 Å². The molecule has 2 unspecified atom stereocenters. The molecule has 0 radical (unpaired) electrons. The molecule has 2 atom stereocenters. The van der Waals surface area contributed by atoms with Crippen molar-refractivity contribution < 1.29 is 0 Å². The van der Waals surface area contributed by atoms with Crippen molar-refractivity contribution in [1.82, 2.24) is 0 Å². The van der Waals surface area contributed by atoms with Gasteiger partial charge in [0.1, 0.15) is 0 Å². The van der Waals surface area contributed by atoms with E-state index in [0.29, 0.717) is 0 Å². The predicted octanol–water partition coefficient (Wildman–Crippen LogP) is 5.17. The molecule has 0 amide bonds. The summed E-state index contributed by atoms with van der Waals surface area (Å²) in [6, 6.07) is 0. The van der Waals surface area contributed by atoms with Gasteiger partial charge in [-0.1, -0.05) is 52.4 Å². The first-order chi connectivity index (χ1) is 7.29. The van der Waals surface area contributed by atoms with Gasteiger partial charge >= 0.3 is 0 Å². The summed E-state index contributed by atoms with van der Waals surface area (Å²) in [5.41, 5.74) is 0.749. The van der Waals surface area contributed by atoms with Crippen molar-refractivity contribution in [3.05, 3.63) is 0 Å². The highest BCUT2D eigenvalue weighted by atomic mass is 14.5. The van der Waals surface area contributed by atoms with Gasteiger partial charge in [0.15, 0.2) is 0 Å². The van der Waals surface area contributed by atoms with Crippen molar-refractivity contribution in [1.29, 1.82) is 0 Å². The van der Waals surface area contributed by atoms with E-state index in [1.165, 1.54) is 64.2 Å². The number of rotatable bonds is 2. The summed E-state index contributed by atoms with van der Waals surface area (Å²) in [6.07, 6.45) is 15.1. The molecule has 0 aromatic carbocycles. The quantitative estimate of drug-likeness (QED) is 0.587. The Hall–Kier alpha value is 0. The van der Waals surface area contributed by atoms with Gasteiger partial charge in [0, 0.05) is 0 Å². The standard InChI is InChI=1S/C15H28/c1-3-15(12-8-7-9-13(15)2)14-10-5-4-6-11-14/h13-14H,3-12H2,1-2H3. The van der Waals surface area contributed by atoms with Crippen molar-refractivity contribution in [2.24, 2.45) is 17.3 Å². The van der Waals surface area contributed by atoms with E-state index in [4.69, 9.17) is 0 Å². The first-order valence-corrected chi connectivity index (χ1v) is 7.29. The van der Waals surface area contributed by atoms with Crippen LogP contribution < -0.4 is 0 Å². The van der Waals surface area contributed by atoms with Crippen molar-refractivity contribution in [3.8, 4) is 0 Å². The second kappa shape index (κ2) is 4.89. The van der Waals surface area contributed by atoms with Crippen LogP contribution in [0, 0.1) is 17.3 Å². The Bertz CT molecular complexity index is 190. The van der Waals surface area contributed by atoms with Crippen molar-refractivity contribution in [2.45, 2.75) is 78.1 Å². The Morgan fingerprint density at radius 3 is 2.20 bits per heavy atom. The van der Waals surface area contributed by atoms with Crippen LogP contribution in [0.3, 0.4) is 0 Å². The Labute approximate surface area is 95.8 Å². The third kappa shape index (κ3) is 2.10. The molecule has 2 saturated carbocycles.